The Labute approximate surface area is 122 Å². The lowest BCUT2D eigenvalue weighted by atomic mass is 10.1. The number of anilines is 1. The SMILES string of the molecule is CCN(CCO)c1ccc([N+](=O)[O-])c(-c2ccccc2)n1. The molecule has 6 heteroatoms. The molecule has 0 fully saturated rings. The maximum absolute atomic E-state index is 11.2. The second kappa shape index (κ2) is 6.81. The van der Waals surface area contributed by atoms with Gasteiger partial charge in [-0.3, -0.25) is 10.1 Å². The first-order valence-corrected chi connectivity index (χ1v) is 6.74. The maximum atomic E-state index is 11.2. The summed E-state index contributed by atoms with van der Waals surface area (Å²) in [4.78, 5) is 17.1. The third-order valence-electron chi connectivity index (χ3n) is 3.18. The van der Waals surface area contributed by atoms with Crippen molar-refractivity contribution in [2.45, 2.75) is 6.92 Å². The summed E-state index contributed by atoms with van der Waals surface area (Å²) < 4.78 is 0. The van der Waals surface area contributed by atoms with Crippen molar-refractivity contribution in [1.29, 1.82) is 0 Å². The van der Waals surface area contributed by atoms with E-state index in [2.05, 4.69) is 4.98 Å². The maximum Gasteiger partial charge on any atom is 0.295 e. The second-order valence-corrected chi connectivity index (χ2v) is 4.46. The number of nitrogens with zero attached hydrogens (tertiary/aromatic N) is 3. The number of aliphatic hydroxyl groups is 1. The molecule has 2 rings (SSSR count). The van der Waals surface area contributed by atoms with Crippen molar-refractivity contribution in [3.63, 3.8) is 0 Å². The minimum Gasteiger partial charge on any atom is -0.395 e. The normalized spacial score (nSPS) is 10.4. The lowest BCUT2D eigenvalue weighted by Gasteiger charge is -2.21. The lowest BCUT2D eigenvalue weighted by molar-refractivity contribution is -0.384. The first kappa shape index (κ1) is 14.9. The Balaban J connectivity index is 2.52. The number of aliphatic hydroxyl groups excluding tert-OH is 1. The van der Waals surface area contributed by atoms with E-state index < -0.39 is 4.92 Å². The van der Waals surface area contributed by atoms with Crippen molar-refractivity contribution in [1.82, 2.24) is 4.98 Å². The number of rotatable bonds is 6. The molecule has 1 N–H and O–H groups in total. The largest absolute Gasteiger partial charge is 0.395 e. The van der Waals surface area contributed by atoms with Crippen LogP contribution in [0.2, 0.25) is 0 Å². The molecule has 0 spiro atoms. The van der Waals surface area contributed by atoms with Crippen molar-refractivity contribution in [3.05, 3.63) is 52.6 Å². The Morgan fingerprint density at radius 1 is 1.24 bits per heavy atom. The smallest absolute Gasteiger partial charge is 0.295 e. The molecule has 0 aliphatic carbocycles. The Morgan fingerprint density at radius 3 is 2.52 bits per heavy atom. The highest BCUT2D eigenvalue weighted by Gasteiger charge is 2.19. The summed E-state index contributed by atoms with van der Waals surface area (Å²) in [5, 5.41) is 20.3. The topological polar surface area (TPSA) is 79.5 Å². The molecule has 1 aromatic heterocycles. The fourth-order valence-electron chi connectivity index (χ4n) is 2.13. The van der Waals surface area contributed by atoms with E-state index in [9.17, 15) is 10.1 Å². The molecule has 0 amide bonds. The first-order valence-electron chi connectivity index (χ1n) is 6.74. The minimum atomic E-state index is -0.429. The summed E-state index contributed by atoms with van der Waals surface area (Å²) in [6.07, 6.45) is 0. The highest BCUT2D eigenvalue weighted by atomic mass is 16.6. The highest BCUT2D eigenvalue weighted by Crippen LogP contribution is 2.30. The van der Waals surface area contributed by atoms with Gasteiger partial charge in [0.2, 0.25) is 0 Å². The molecule has 0 saturated carbocycles. The van der Waals surface area contributed by atoms with Gasteiger partial charge in [0.1, 0.15) is 5.82 Å². The molecule has 0 bridgehead atoms. The predicted molar refractivity (Wildman–Crippen MR) is 81.3 cm³/mol. The fraction of sp³-hybridized carbons (Fsp3) is 0.267. The molecule has 6 nitrogen and oxygen atoms in total. The van der Waals surface area contributed by atoms with Gasteiger partial charge in [0.25, 0.3) is 5.69 Å². The highest BCUT2D eigenvalue weighted by molar-refractivity contribution is 5.71. The average Bonchev–Trinajstić information content (AvgIpc) is 2.52. The monoisotopic (exact) mass is 287 g/mol. The van der Waals surface area contributed by atoms with E-state index in [1.807, 2.05) is 30.0 Å². The molecule has 0 radical (unpaired) electrons. The second-order valence-electron chi connectivity index (χ2n) is 4.46. The zero-order chi connectivity index (χ0) is 15.2. The zero-order valence-corrected chi connectivity index (χ0v) is 11.8. The van der Waals surface area contributed by atoms with Gasteiger partial charge in [-0.2, -0.15) is 0 Å². The molecule has 0 aliphatic rings. The van der Waals surface area contributed by atoms with Gasteiger partial charge in [0.15, 0.2) is 5.69 Å². The molecule has 0 aliphatic heterocycles. The van der Waals surface area contributed by atoms with Crippen LogP contribution in [0.25, 0.3) is 11.3 Å². The quantitative estimate of drug-likeness (QED) is 0.652. The van der Waals surface area contributed by atoms with Crippen LogP contribution in [0.1, 0.15) is 6.92 Å². The van der Waals surface area contributed by atoms with Crippen LogP contribution >= 0.6 is 0 Å². The van der Waals surface area contributed by atoms with Crippen molar-refractivity contribution < 1.29 is 10.0 Å². The Kier molecular flexibility index (Phi) is 4.84. The van der Waals surface area contributed by atoms with Gasteiger partial charge in [-0.1, -0.05) is 30.3 Å². The summed E-state index contributed by atoms with van der Waals surface area (Å²) in [6.45, 7) is 3.06. The summed E-state index contributed by atoms with van der Waals surface area (Å²) >= 11 is 0. The van der Waals surface area contributed by atoms with Gasteiger partial charge in [-0.15, -0.1) is 0 Å². The Bertz CT molecular complexity index is 617. The summed E-state index contributed by atoms with van der Waals surface area (Å²) in [6, 6.07) is 12.2. The van der Waals surface area contributed by atoms with Gasteiger partial charge >= 0.3 is 0 Å². The van der Waals surface area contributed by atoms with Crippen LogP contribution in [-0.4, -0.2) is 34.7 Å². The predicted octanol–water partition coefficient (Wildman–Crippen LogP) is 2.48. The number of nitro groups is 1. The summed E-state index contributed by atoms with van der Waals surface area (Å²) in [7, 11) is 0. The lowest BCUT2D eigenvalue weighted by Crippen LogP contribution is -2.27. The third-order valence-corrected chi connectivity index (χ3v) is 3.18. The number of hydrogen-bond acceptors (Lipinski definition) is 5. The van der Waals surface area contributed by atoms with Crippen LogP contribution in [0, 0.1) is 10.1 Å². The van der Waals surface area contributed by atoms with Crippen molar-refractivity contribution in [2.24, 2.45) is 0 Å². The molecule has 1 aromatic carbocycles. The molecule has 2 aromatic rings. The first-order chi connectivity index (χ1) is 10.2. The van der Waals surface area contributed by atoms with Crippen LogP contribution in [0.5, 0.6) is 0 Å². The summed E-state index contributed by atoms with van der Waals surface area (Å²) in [5.74, 6) is 0.621. The van der Waals surface area contributed by atoms with Crippen molar-refractivity contribution >= 4 is 11.5 Å². The van der Waals surface area contributed by atoms with Gasteiger partial charge in [0.05, 0.1) is 11.5 Å². The van der Waals surface area contributed by atoms with Crippen LogP contribution < -0.4 is 4.90 Å². The van der Waals surface area contributed by atoms with Crippen LogP contribution in [0.3, 0.4) is 0 Å². The van der Waals surface area contributed by atoms with Gasteiger partial charge < -0.3 is 10.0 Å². The third kappa shape index (κ3) is 3.35. The molecule has 1 heterocycles. The molecule has 21 heavy (non-hydrogen) atoms. The molecular formula is C15H17N3O3. The Morgan fingerprint density at radius 2 is 1.95 bits per heavy atom. The standard InChI is InChI=1S/C15H17N3O3/c1-2-17(10-11-19)14-9-8-13(18(20)21)15(16-14)12-6-4-3-5-7-12/h3-9,19H,2,10-11H2,1H3. The number of benzene rings is 1. The average molecular weight is 287 g/mol. The van der Waals surface area contributed by atoms with Crippen molar-refractivity contribution in [3.8, 4) is 11.3 Å². The van der Waals surface area contributed by atoms with E-state index in [1.54, 1.807) is 18.2 Å². The van der Waals surface area contributed by atoms with Crippen LogP contribution in [0.15, 0.2) is 42.5 Å². The van der Waals surface area contributed by atoms with E-state index >= 15 is 0 Å². The molecular weight excluding hydrogens is 270 g/mol. The zero-order valence-electron chi connectivity index (χ0n) is 11.8. The Hall–Kier alpha value is -2.47. The molecule has 0 unspecified atom stereocenters. The minimum absolute atomic E-state index is 0.00712. The van der Waals surface area contributed by atoms with E-state index in [-0.39, 0.29) is 12.3 Å². The molecule has 0 saturated heterocycles. The van der Waals surface area contributed by atoms with Crippen molar-refractivity contribution in [2.75, 3.05) is 24.6 Å². The van der Waals surface area contributed by atoms with E-state index in [0.29, 0.717) is 30.2 Å². The van der Waals surface area contributed by atoms with Crippen LogP contribution in [0.4, 0.5) is 11.5 Å². The van der Waals surface area contributed by atoms with Gasteiger partial charge in [0, 0.05) is 24.7 Å². The number of pyridine rings is 1. The number of likely N-dealkylation sites (N-methyl/N-ethyl adjacent to an activating group) is 1. The van der Waals surface area contributed by atoms with Gasteiger partial charge in [-0.05, 0) is 13.0 Å². The number of aromatic nitrogens is 1. The van der Waals surface area contributed by atoms with Crippen LogP contribution in [-0.2, 0) is 0 Å². The van der Waals surface area contributed by atoms with E-state index in [0.717, 1.165) is 0 Å². The fourth-order valence-corrected chi connectivity index (χ4v) is 2.13. The van der Waals surface area contributed by atoms with Gasteiger partial charge in [-0.25, -0.2) is 4.98 Å². The molecule has 0 atom stereocenters. The number of hydrogen-bond donors (Lipinski definition) is 1. The van der Waals surface area contributed by atoms with E-state index in [1.165, 1.54) is 6.07 Å². The summed E-state index contributed by atoms with van der Waals surface area (Å²) in [5.41, 5.74) is 1.02. The molecule has 110 valence electrons. The van der Waals surface area contributed by atoms with E-state index in [4.69, 9.17) is 5.11 Å².